The molecule has 2 heterocycles. The number of hydrogen-bond donors (Lipinski definition) is 2. The first kappa shape index (κ1) is 11.6. The van der Waals surface area contributed by atoms with Crippen LogP contribution in [-0.4, -0.2) is 23.4 Å². The van der Waals surface area contributed by atoms with Gasteiger partial charge in [-0.15, -0.1) is 0 Å². The molecule has 0 radical (unpaired) electrons. The van der Waals surface area contributed by atoms with Crippen molar-refractivity contribution in [3.63, 3.8) is 0 Å². The number of imidazole rings is 1. The lowest BCUT2D eigenvalue weighted by Gasteiger charge is -2.01. The van der Waals surface area contributed by atoms with Gasteiger partial charge >= 0.3 is 0 Å². The molecule has 2 aromatic rings. The third-order valence-electron chi connectivity index (χ3n) is 1.67. The van der Waals surface area contributed by atoms with Gasteiger partial charge in [0.15, 0.2) is 10.2 Å². The maximum Gasteiger partial charge on any atom is 0.280 e. The number of nitrogens with one attached hydrogen (secondary N) is 2. The zero-order chi connectivity index (χ0) is 11.8. The van der Waals surface area contributed by atoms with Crippen LogP contribution in [0.3, 0.4) is 0 Å². The monoisotopic (exact) mass is 322 g/mol. The molecule has 0 saturated carbocycles. The summed E-state index contributed by atoms with van der Waals surface area (Å²) in [4.78, 5) is 10.4. The van der Waals surface area contributed by atoms with Crippen molar-refractivity contribution >= 4 is 42.4 Å². The van der Waals surface area contributed by atoms with Crippen molar-refractivity contribution in [3.05, 3.63) is 22.0 Å². The highest BCUT2D eigenvalue weighted by Gasteiger charge is 2.18. The van der Waals surface area contributed by atoms with Crippen LogP contribution in [0.2, 0.25) is 0 Å². The van der Waals surface area contributed by atoms with E-state index in [0.717, 1.165) is 3.79 Å². The molecule has 0 spiro atoms. The van der Waals surface area contributed by atoms with Gasteiger partial charge in [-0.3, -0.25) is 4.72 Å². The molecule has 0 amide bonds. The minimum atomic E-state index is -3.62. The summed E-state index contributed by atoms with van der Waals surface area (Å²) in [6.45, 7) is 1.68. The van der Waals surface area contributed by atoms with Gasteiger partial charge in [0.2, 0.25) is 0 Å². The molecule has 0 aromatic carbocycles. The van der Waals surface area contributed by atoms with E-state index >= 15 is 0 Å². The van der Waals surface area contributed by atoms with Gasteiger partial charge in [0.05, 0.1) is 16.2 Å². The van der Waals surface area contributed by atoms with Crippen LogP contribution < -0.4 is 4.72 Å². The second-order valence-electron chi connectivity index (χ2n) is 2.91. The lowest BCUT2D eigenvalue weighted by molar-refractivity contribution is 0.598. The lowest BCUT2D eigenvalue weighted by Crippen LogP contribution is -2.13. The highest BCUT2D eigenvalue weighted by atomic mass is 79.9. The summed E-state index contributed by atoms with van der Waals surface area (Å²) in [5, 5.41) is 0.329. The van der Waals surface area contributed by atoms with Crippen molar-refractivity contribution in [3.8, 4) is 0 Å². The van der Waals surface area contributed by atoms with Crippen LogP contribution in [0.15, 0.2) is 21.2 Å². The van der Waals surface area contributed by atoms with Crippen molar-refractivity contribution in [1.82, 2.24) is 15.0 Å². The van der Waals surface area contributed by atoms with E-state index in [1.807, 2.05) is 0 Å². The minimum Gasteiger partial charge on any atom is -0.332 e. The van der Waals surface area contributed by atoms with Gasteiger partial charge in [-0.1, -0.05) is 11.3 Å². The van der Waals surface area contributed by atoms with E-state index in [-0.39, 0.29) is 5.03 Å². The average Bonchev–Trinajstić information content (AvgIpc) is 2.75. The fourth-order valence-electron chi connectivity index (χ4n) is 1.01. The number of aryl methyl sites for hydroxylation is 1. The molecule has 2 rings (SSSR count). The highest BCUT2D eigenvalue weighted by molar-refractivity contribution is 9.11. The number of rotatable bonds is 3. The number of nitrogens with zero attached hydrogens (tertiary/aromatic N) is 2. The first-order valence-electron chi connectivity index (χ1n) is 4.13. The molecule has 0 aliphatic carbocycles. The van der Waals surface area contributed by atoms with Gasteiger partial charge in [0, 0.05) is 0 Å². The summed E-state index contributed by atoms with van der Waals surface area (Å²) < 4.78 is 26.7. The molecule has 9 heteroatoms. The fraction of sp³-hybridized carbons (Fsp3) is 0.143. The first-order valence-corrected chi connectivity index (χ1v) is 7.22. The molecule has 0 fully saturated rings. The lowest BCUT2D eigenvalue weighted by atomic mass is 10.8. The summed E-state index contributed by atoms with van der Waals surface area (Å²) in [7, 11) is -3.62. The highest BCUT2D eigenvalue weighted by Crippen LogP contribution is 2.25. The average molecular weight is 323 g/mol. The molecular weight excluding hydrogens is 316 g/mol. The molecule has 0 unspecified atom stereocenters. The summed E-state index contributed by atoms with van der Waals surface area (Å²) in [5.74, 6) is 0.542. The van der Waals surface area contributed by atoms with Crippen LogP contribution in [0.25, 0.3) is 0 Å². The van der Waals surface area contributed by atoms with E-state index in [4.69, 9.17) is 0 Å². The first-order chi connectivity index (χ1) is 7.47. The Kier molecular flexibility index (Phi) is 3.00. The Morgan fingerprint density at radius 3 is 2.69 bits per heavy atom. The summed E-state index contributed by atoms with van der Waals surface area (Å²) in [6, 6.07) is 0. The van der Waals surface area contributed by atoms with Crippen molar-refractivity contribution < 1.29 is 8.42 Å². The maximum absolute atomic E-state index is 11.8. The minimum absolute atomic E-state index is 0.0244. The largest absolute Gasteiger partial charge is 0.332 e. The summed E-state index contributed by atoms with van der Waals surface area (Å²) in [6.07, 6.45) is 2.79. The summed E-state index contributed by atoms with van der Waals surface area (Å²) >= 11 is 4.40. The Labute approximate surface area is 104 Å². The SMILES string of the molecule is Cc1ncc(S(=O)(=O)Nc2ncc(Br)s2)[nH]1. The third-order valence-corrected chi connectivity index (χ3v) is 4.44. The Morgan fingerprint density at radius 1 is 1.44 bits per heavy atom. The van der Waals surface area contributed by atoms with E-state index in [1.54, 1.807) is 6.92 Å². The molecule has 0 atom stereocenters. The van der Waals surface area contributed by atoms with E-state index in [2.05, 4.69) is 35.6 Å². The summed E-state index contributed by atoms with van der Waals surface area (Å²) in [5.41, 5.74) is 0. The van der Waals surface area contributed by atoms with Gasteiger partial charge in [-0.2, -0.15) is 8.42 Å². The number of aromatic nitrogens is 3. The normalized spacial score (nSPS) is 11.6. The maximum atomic E-state index is 11.8. The Balaban J connectivity index is 2.27. The molecule has 2 aromatic heterocycles. The number of sulfonamides is 1. The Hall–Kier alpha value is -0.930. The van der Waals surface area contributed by atoms with Gasteiger partial charge in [-0.25, -0.2) is 9.97 Å². The van der Waals surface area contributed by atoms with Gasteiger partial charge in [0.1, 0.15) is 5.82 Å². The molecule has 0 aliphatic rings. The molecule has 6 nitrogen and oxygen atoms in total. The van der Waals surface area contributed by atoms with E-state index < -0.39 is 10.0 Å². The number of H-pyrrole nitrogens is 1. The van der Waals surface area contributed by atoms with Crippen LogP contribution in [0.4, 0.5) is 5.13 Å². The zero-order valence-corrected chi connectivity index (χ0v) is 11.3. The Bertz CT molecular complexity index is 603. The van der Waals surface area contributed by atoms with Crippen LogP contribution in [0, 0.1) is 6.92 Å². The number of anilines is 1. The topological polar surface area (TPSA) is 87.7 Å². The van der Waals surface area contributed by atoms with Crippen LogP contribution in [0.5, 0.6) is 0 Å². The van der Waals surface area contributed by atoms with Crippen molar-refractivity contribution in [2.75, 3.05) is 4.72 Å². The van der Waals surface area contributed by atoms with Crippen molar-refractivity contribution in [2.45, 2.75) is 11.9 Å². The van der Waals surface area contributed by atoms with Crippen LogP contribution in [0.1, 0.15) is 5.82 Å². The van der Waals surface area contributed by atoms with E-state index in [9.17, 15) is 8.42 Å². The van der Waals surface area contributed by atoms with Gasteiger partial charge < -0.3 is 4.98 Å². The molecule has 16 heavy (non-hydrogen) atoms. The zero-order valence-electron chi connectivity index (χ0n) is 8.06. The van der Waals surface area contributed by atoms with Crippen molar-refractivity contribution in [2.24, 2.45) is 0 Å². The number of thiazole rings is 1. The standard InChI is InChI=1S/C7H7BrN4O2S2/c1-4-9-3-6(11-4)16(13,14)12-7-10-2-5(8)15-7/h2-3H,1H3,(H,9,11)(H,10,12). The predicted octanol–water partition coefficient (Wildman–Crippen LogP) is 1.74. The second-order valence-corrected chi connectivity index (χ2v) is 6.97. The second kappa shape index (κ2) is 4.15. The predicted molar refractivity (Wildman–Crippen MR) is 63.9 cm³/mol. The fourth-order valence-corrected chi connectivity index (χ4v) is 3.33. The van der Waals surface area contributed by atoms with Gasteiger partial charge in [-0.05, 0) is 22.9 Å². The molecule has 0 aliphatic heterocycles. The number of hydrogen-bond acceptors (Lipinski definition) is 5. The molecule has 0 saturated heterocycles. The van der Waals surface area contributed by atoms with E-state index in [0.29, 0.717) is 11.0 Å². The van der Waals surface area contributed by atoms with Crippen LogP contribution >= 0.6 is 27.3 Å². The van der Waals surface area contributed by atoms with Crippen molar-refractivity contribution in [1.29, 1.82) is 0 Å². The van der Waals surface area contributed by atoms with Crippen LogP contribution in [-0.2, 0) is 10.0 Å². The third kappa shape index (κ3) is 2.42. The number of halogens is 1. The molecule has 0 bridgehead atoms. The quantitative estimate of drug-likeness (QED) is 0.900. The van der Waals surface area contributed by atoms with Gasteiger partial charge in [0.25, 0.3) is 10.0 Å². The smallest absolute Gasteiger partial charge is 0.280 e. The molecular formula is C7H7BrN4O2S2. The molecule has 2 N–H and O–H groups in total. The Morgan fingerprint density at radius 2 is 2.19 bits per heavy atom. The molecule has 86 valence electrons. The van der Waals surface area contributed by atoms with E-state index in [1.165, 1.54) is 23.7 Å². The number of aromatic amines is 1.